The van der Waals surface area contributed by atoms with Gasteiger partial charge in [-0.3, -0.25) is 24.6 Å². The van der Waals surface area contributed by atoms with Crippen molar-refractivity contribution in [2.45, 2.75) is 44.0 Å². The van der Waals surface area contributed by atoms with Crippen molar-refractivity contribution in [3.05, 3.63) is 70.0 Å². The minimum Gasteiger partial charge on any atom is -0.382 e. The predicted octanol–water partition coefficient (Wildman–Crippen LogP) is 4.82. The van der Waals surface area contributed by atoms with Gasteiger partial charge in [0.25, 0.3) is 5.69 Å². The summed E-state index contributed by atoms with van der Waals surface area (Å²) in [6, 6.07) is 9.88. The molecule has 0 radical (unpaired) electrons. The second-order valence-corrected chi connectivity index (χ2v) is 9.60. The topological polar surface area (TPSA) is 127 Å². The number of rotatable bonds is 8. The number of hydrogen-bond donors (Lipinski definition) is 2. The van der Waals surface area contributed by atoms with Crippen LogP contribution >= 0.6 is 0 Å². The maximum absolute atomic E-state index is 13.4. The van der Waals surface area contributed by atoms with Gasteiger partial charge >= 0.3 is 18.0 Å². The second kappa shape index (κ2) is 12.5. The van der Waals surface area contributed by atoms with Gasteiger partial charge in [-0.1, -0.05) is 0 Å². The number of likely N-dealkylation sites (N-methyl/N-ethyl adjacent to an activating group) is 1. The number of hydrogen-bond acceptors (Lipinski definition) is 7. The largest absolute Gasteiger partial charge is 0.423 e. The normalized spacial score (nSPS) is 17.2. The molecule has 3 aromatic rings. The number of benzene rings is 2. The number of alkyl halides is 3. The Bertz CT molecular complexity index is 1440. The van der Waals surface area contributed by atoms with Gasteiger partial charge in [0.15, 0.2) is 0 Å². The van der Waals surface area contributed by atoms with E-state index in [1.807, 2.05) is 0 Å². The van der Waals surface area contributed by atoms with Crippen LogP contribution in [-0.4, -0.2) is 54.1 Å². The third kappa shape index (κ3) is 7.45. The quantitative estimate of drug-likeness (QED) is 0.129. The first-order chi connectivity index (χ1) is 19.4. The second-order valence-electron chi connectivity index (χ2n) is 9.60. The molecular formula is C27H27F4N5O5. The number of amides is 2. The Morgan fingerprint density at radius 3 is 2.51 bits per heavy atom. The van der Waals surface area contributed by atoms with Crippen molar-refractivity contribution < 1.29 is 36.8 Å². The van der Waals surface area contributed by atoms with Crippen LogP contribution in [0, 0.1) is 15.9 Å². The molecule has 1 aromatic heterocycles. The molecule has 10 nitrogen and oxygen atoms in total. The summed E-state index contributed by atoms with van der Waals surface area (Å²) >= 11 is 0. The summed E-state index contributed by atoms with van der Waals surface area (Å²) in [6.07, 6.45) is -2.55. The van der Waals surface area contributed by atoms with Gasteiger partial charge in [0, 0.05) is 36.8 Å². The van der Waals surface area contributed by atoms with E-state index >= 15 is 0 Å². The van der Waals surface area contributed by atoms with Crippen LogP contribution in [0.25, 0.3) is 10.9 Å². The standard InChI is InChI=1S/C27H27F4N5O5/c1-35(24-11-2-16-14-17(28)3-9-22(16)34-24)26(38)25(37)32-12-13-41-20-7-4-18(5-8-20)33-19-6-10-23(36(39)40)21(15-19)27(29,30)31/h2-3,6,9-11,14-15,18,20,33H,4-5,7-8,12-13H2,1H3,(H,32,37)/t18-,20-. The third-order valence-electron chi connectivity index (χ3n) is 6.76. The highest BCUT2D eigenvalue weighted by Crippen LogP contribution is 2.38. The molecule has 2 aromatic carbocycles. The highest BCUT2D eigenvalue weighted by atomic mass is 19.4. The fraction of sp³-hybridized carbons (Fsp3) is 0.370. The molecule has 4 rings (SSSR count). The Kier molecular flexibility index (Phi) is 9.01. The van der Waals surface area contributed by atoms with E-state index < -0.39 is 40.0 Å². The van der Waals surface area contributed by atoms with Gasteiger partial charge in [-0.15, -0.1) is 0 Å². The number of pyridine rings is 1. The lowest BCUT2D eigenvalue weighted by Crippen LogP contribution is -2.42. The Morgan fingerprint density at radius 1 is 1.10 bits per heavy atom. The molecule has 2 amide bonds. The molecule has 1 aliphatic carbocycles. The average molecular weight is 578 g/mol. The molecule has 1 heterocycles. The zero-order valence-corrected chi connectivity index (χ0v) is 21.9. The minimum atomic E-state index is -4.85. The van der Waals surface area contributed by atoms with Crippen molar-refractivity contribution >= 4 is 39.9 Å². The Hall–Kier alpha value is -4.33. The van der Waals surface area contributed by atoms with Crippen LogP contribution in [0.15, 0.2) is 48.5 Å². The highest BCUT2D eigenvalue weighted by molar-refractivity contribution is 6.40. The maximum Gasteiger partial charge on any atom is 0.423 e. The third-order valence-corrected chi connectivity index (χ3v) is 6.76. The van der Waals surface area contributed by atoms with Crippen molar-refractivity contribution in [1.82, 2.24) is 10.3 Å². The monoisotopic (exact) mass is 577 g/mol. The Morgan fingerprint density at radius 2 is 1.83 bits per heavy atom. The number of ether oxygens (including phenoxy) is 1. The molecule has 0 unspecified atom stereocenters. The van der Waals surface area contributed by atoms with Crippen LogP contribution in [0.4, 0.5) is 34.8 Å². The van der Waals surface area contributed by atoms with Crippen molar-refractivity contribution in [2.24, 2.45) is 0 Å². The number of nitrogens with zero attached hydrogens (tertiary/aromatic N) is 3. The summed E-state index contributed by atoms with van der Waals surface area (Å²) in [6.45, 7) is 0.243. The van der Waals surface area contributed by atoms with Crippen LogP contribution in [0.3, 0.4) is 0 Å². The predicted molar refractivity (Wildman–Crippen MR) is 142 cm³/mol. The average Bonchev–Trinajstić information content (AvgIpc) is 2.94. The number of fused-ring (bicyclic) bond motifs is 1. The number of nitro groups is 1. The van der Waals surface area contributed by atoms with E-state index in [1.54, 1.807) is 6.07 Å². The summed E-state index contributed by atoms with van der Waals surface area (Å²) in [5.74, 6) is -1.85. The summed E-state index contributed by atoms with van der Waals surface area (Å²) in [7, 11) is 1.41. The van der Waals surface area contributed by atoms with Crippen LogP contribution < -0.4 is 15.5 Å². The molecule has 14 heteroatoms. The van der Waals surface area contributed by atoms with Gasteiger partial charge < -0.3 is 15.4 Å². The first-order valence-corrected chi connectivity index (χ1v) is 12.8. The van der Waals surface area contributed by atoms with Crippen molar-refractivity contribution in [1.29, 1.82) is 0 Å². The molecular weight excluding hydrogens is 550 g/mol. The van der Waals surface area contributed by atoms with Crippen LogP contribution in [0.5, 0.6) is 0 Å². The summed E-state index contributed by atoms with van der Waals surface area (Å²) in [4.78, 5) is 40.1. The van der Waals surface area contributed by atoms with E-state index in [-0.39, 0.29) is 36.8 Å². The van der Waals surface area contributed by atoms with Crippen LogP contribution in [-0.2, 0) is 20.5 Å². The molecule has 0 saturated heterocycles. The van der Waals surface area contributed by atoms with Crippen LogP contribution in [0.2, 0.25) is 0 Å². The summed E-state index contributed by atoms with van der Waals surface area (Å²) in [5, 5.41) is 17.0. The smallest absolute Gasteiger partial charge is 0.382 e. The van der Waals surface area contributed by atoms with E-state index in [4.69, 9.17) is 4.74 Å². The summed E-state index contributed by atoms with van der Waals surface area (Å²) < 4.78 is 58.8. The van der Waals surface area contributed by atoms with E-state index in [0.29, 0.717) is 36.6 Å². The molecule has 1 aliphatic rings. The van der Waals surface area contributed by atoms with E-state index in [9.17, 15) is 37.3 Å². The highest BCUT2D eigenvalue weighted by Gasteiger charge is 2.38. The molecule has 0 spiro atoms. The fourth-order valence-corrected chi connectivity index (χ4v) is 4.62. The zero-order valence-electron chi connectivity index (χ0n) is 21.9. The number of halogens is 4. The first kappa shape index (κ1) is 29.6. The fourth-order valence-electron chi connectivity index (χ4n) is 4.62. The lowest BCUT2D eigenvalue weighted by Gasteiger charge is -2.30. The van der Waals surface area contributed by atoms with Gasteiger partial charge in [-0.2, -0.15) is 13.2 Å². The molecule has 1 fully saturated rings. The van der Waals surface area contributed by atoms with E-state index in [2.05, 4.69) is 15.6 Å². The minimum absolute atomic E-state index is 0.0873. The van der Waals surface area contributed by atoms with E-state index in [1.165, 1.54) is 37.4 Å². The number of carbonyl (C=O) groups is 2. The molecule has 0 atom stereocenters. The summed E-state index contributed by atoms with van der Waals surface area (Å²) in [5.41, 5.74) is -1.68. The number of aromatic nitrogens is 1. The van der Waals surface area contributed by atoms with Gasteiger partial charge in [-0.05, 0) is 68.1 Å². The number of carbonyl (C=O) groups excluding carboxylic acids is 2. The Balaban J connectivity index is 1.19. The van der Waals surface area contributed by atoms with Gasteiger partial charge in [0.1, 0.15) is 17.2 Å². The number of nitrogens with one attached hydrogen (secondary N) is 2. The molecule has 1 saturated carbocycles. The maximum atomic E-state index is 13.4. The molecule has 0 aliphatic heterocycles. The number of anilines is 2. The molecule has 0 bridgehead atoms. The SMILES string of the molecule is CN(C(=O)C(=O)NCCO[C@H]1CC[C@H](Nc2ccc([N+](=O)[O-])c(C(F)(F)F)c2)CC1)c1ccc2cc(F)ccc2n1. The molecule has 41 heavy (non-hydrogen) atoms. The van der Waals surface area contributed by atoms with Crippen molar-refractivity contribution in [3.63, 3.8) is 0 Å². The zero-order chi connectivity index (χ0) is 29.7. The van der Waals surface area contributed by atoms with Gasteiger partial charge in [0.05, 0.1) is 23.2 Å². The van der Waals surface area contributed by atoms with E-state index in [0.717, 1.165) is 17.0 Å². The Labute approximate surface area is 231 Å². The lowest BCUT2D eigenvalue weighted by atomic mass is 9.92. The van der Waals surface area contributed by atoms with Gasteiger partial charge in [0.2, 0.25) is 0 Å². The first-order valence-electron chi connectivity index (χ1n) is 12.8. The van der Waals surface area contributed by atoms with Gasteiger partial charge in [-0.25, -0.2) is 9.37 Å². The number of nitro benzene ring substituents is 1. The van der Waals surface area contributed by atoms with Crippen LogP contribution in [0.1, 0.15) is 31.2 Å². The van der Waals surface area contributed by atoms with Crippen molar-refractivity contribution in [3.8, 4) is 0 Å². The van der Waals surface area contributed by atoms with Crippen molar-refractivity contribution in [2.75, 3.05) is 30.4 Å². The molecule has 2 N–H and O–H groups in total. The molecule has 218 valence electrons. The lowest BCUT2D eigenvalue weighted by molar-refractivity contribution is -0.388.